The van der Waals surface area contributed by atoms with Gasteiger partial charge in [0.1, 0.15) is 0 Å². The Bertz CT molecular complexity index is 414. The highest BCUT2D eigenvalue weighted by atomic mass is 15.2. The topological polar surface area (TPSA) is 29.3 Å². The Morgan fingerprint density at radius 2 is 1.57 bits per heavy atom. The highest BCUT2D eigenvalue weighted by Crippen LogP contribution is 2.27. The van der Waals surface area contributed by atoms with Crippen LogP contribution in [0, 0.1) is 5.92 Å². The Morgan fingerprint density at radius 3 is 1.95 bits per heavy atom. The van der Waals surface area contributed by atoms with Crippen LogP contribution >= 0.6 is 0 Å². The average Bonchev–Trinajstić information content (AvgIpc) is 2.38. The van der Waals surface area contributed by atoms with Gasteiger partial charge in [-0.1, -0.05) is 58.9 Å². The summed E-state index contributed by atoms with van der Waals surface area (Å²) in [5.41, 5.74) is 8.96. The summed E-state index contributed by atoms with van der Waals surface area (Å²) in [5, 5.41) is 0. The zero-order chi connectivity index (χ0) is 16.2. The molecule has 0 saturated heterocycles. The van der Waals surface area contributed by atoms with Crippen molar-refractivity contribution in [2.24, 2.45) is 11.7 Å². The number of benzene rings is 1. The number of hydrogen-bond donors (Lipinski definition) is 1. The monoisotopic (exact) mass is 290 g/mol. The summed E-state index contributed by atoms with van der Waals surface area (Å²) in [6.45, 7) is 14.3. The molecule has 1 rings (SSSR count). The van der Waals surface area contributed by atoms with E-state index in [9.17, 15) is 0 Å². The largest absolute Gasteiger partial charge is 0.329 e. The Labute approximate surface area is 131 Å². The van der Waals surface area contributed by atoms with E-state index in [1.807, 2.05) is 0 Å². The van der Waals surface area contributed by atoms with Crippen molar-refractivity contribution in [2.45, 2.75) is 65.5 Å². The van der Waals surface area contributed by atoms with Crippen molar-refractivity contribution in [1.29, 1.82) is 0 Å². The molecule has 120 valence electrons. The van der Waals surface area contributed by atoms with Gasteiger partial charge in [-0.15, -0.1) is 0 Å². The van der Waals surface area contributed by atoms with Crippen molar-refractivity contribution in [3.63, 3.8) is 0 Å². The van der Waals surface area contributed by atoms with E-state index in [2.05, 4.69) is 77.8 Å². The molecule has 2 N–H and O–H groups in total. The van der Waals surface area contributed by atoms with E-state index < -0.39 is 0 Å². The van der Waals surface area contributed by atoms with Crippen molar-refractivity contribution in [1.82, 2.24) is 4.90 Å². The van der Waals surface area contributed by atoms with Crippen LogP contribution in [0.4, 0.5) is 0 Å². The van der Waals surface area contributed by atoms with E-state index >= 15 is 0 Å². The molecule has 0 spiro atoms. The number of likely N-dealkylation sites (N-methyl/N-ethyl adjacent to an activating group) is 1. The van der Waals surface area contributed by atoms with Crippen LogP contribution in [0.1, 0.15) is 65.1 Å². The summed E-state index contributed by atoms with van der Waals surface area (Å²) in [5.74, 6) is 0.712. The van der Waals surface area contributed by atoms with Crippen molar-refractivity contribution >= 4 is 0 Å². The molecule has 2 atom stereocenters. The van der Waals surface area contributed by atoms with Gasteiger partial charge in [-0.05, 0) is 42.9 Å². The van der Waals surface area contributed by atoms with E-state index in [1.54, 1.807) is 0 Å². The fourth-order valence-electron chi connectivity index (χ4n) is 2.90. The fraction of sp³-hybridized carbons (Fsp3) is 0.684. The molecule has 2 nitrogen and oxygen atoms in total. The van der Waals surface area contributed by atoms with Gasteiger partial charge in [0.2, 0.25) is 0 Å². The highest BCUT2D eigenvalue weighted by molar-refractivity contribution is 5.29. The summed E-state index contributed by atoms with van der Waals surface area (Å²) in [4.78, 5) is 2.42. The van der Waals surface area contributed by atoms with E-state index in [-0.39, 0.29) is 5.41 Å². The van der Waals surface area contributed by atoms with Gasteiger partial charge >= 0.3 is 0 Å². The van der Waals surface area contributed by atoms with E-state index in [4.69, 9.17) is 5.73 Å². The van der Waals surface area contributed by atoms with E-state index in [0.29, 0.717) is 24.5 Å². The molecule has 21 heavy (non-hydrogen) atoms. The summed E-state index contributed by atoms with van der Waals surface area (Å²) < 4.78 is 0. The Kier molecular flexibility index (Phi) is 6.42. The molecule has 2 unspecified atom stereocenters. The quantitative estimate of drug-likeness (QED) is 0.844. The van der Waals surface area contributed by atoms with Crippen molar-refractivity contribution in [2.75, 3.05) is 13.6 Å². The van der Waals surface area contributed by atoms with Gasteiger partial charge in [0, 0.05) is 18.6 Å². The first-order chi connectivity index (χ1) is 9.66. The van der Waals surface area contributed by atoms with Crippen molar-refractivity contribution in [3.8, 4) is 0 Å². The molecule has 0 aromatic heterocycles. The number of hydrogen-bond acceptors (Lipinski definition) is 2. The number of rotatable bonds is 6. The van der Waals surface area contributed by atoms with Crippen molar-refractivity contribution < 1.29 is 0 Å². The van der Waals surface area contributed by atoms with Gasteiger partial charge < -0.3 is 5.73 Å². The van der Waals surface area contributed by atoms with Gasteiger partial charge in [0.25, 0.3) is 0 Å². The Hall–Kier alpha value is -0.860. The second-order valence-electron chi connectivity index (χ2n) is 7.77. The summed E-state index contributed by atoms with van der Waals surface area (Å²) in [6, 6.07) is 9.83. The maximum atomic E-state index is 6.06. The summed E-state index contributed by atoms with van der Waals surface area (Å²) in [7, 11) is 2.20. The zero-order valence-corrected chi connectivity index (χ0v) is 15.0. The fourth-order valence-corrected chi connectivity index (χ4v) is 2.90. The van der Waals surface area contributed by atoms with Gasteiger partial charge in [-0.3, -0.25) is 4.90 Å². The molecule has 2 heteroatoms. The molecule has 0 fully saturated rings. The lowest BCUT2D eigenvalue weighted by Crippen LogP contribution is -2.37. The zero-order valence-electron chi connectivity index (χ0n) is 15.0. The molecule has 0 heterocycles. The third-order valence-corrected chi connectivity index (χ3v) is 4.38. The SMILES string of the molecule is CC(C)CC(C)N(C)C(CN)c1ccc(C(C)(C)C)cc1. The summed E-state index contributed by atoms with van der Waals surface area (Å²) in [6.07, 6.45) is 1.20. The molecule has 1 aromatic rings. The van der Waals surface area contributed by atoms with Crippen molar-refractivity contribution in [3.05, 3.63) is 35.4 Å². The number of nitrogens with two attached hydrogens (primary N) is 1. The van der Waals surface area contributed by atoms with Gasteiger partial charge in [0.05, 0.1) is 0 Å². The molecule has 0 aliphatic heterocycles. The van der Waals surface area contributed by atoms with Crippen LogP contribution in [0.2, 0.25) is 0 Å². The third-order valence-electron chi connectivity index (χ3n) is 4.38. The second kappa shape index (κ2) is 7.42. The number of nitrogens with zero attached hydrogens (tertiary/aromatic N) is 1. The molecular formula is C19H34N2. The molecule has 0 aliphatic rings. The van der Waals surface area contributed by atoms with E-state index in [0.717, 1.165) is 0 Å². The minimum atomic E-state index is 0.202. The maximum absolute atomic E-state index is 6.06. The molecular weight excluding hydrogens is 256 g/mol. The van der Waals surface area contributed by atoms with Crippen LogP contribution in [-0.4, -0.2) is 24.5 Å². The lowest BCUT2D eigenvalue weighted by Gasteiger charge is -2.34. The van der Waals surface area contributed by atoms with Gasteiger partial charge in [-0.25, -0.2) is 0 Å². The third kappa shape index (κ3) is 5.12. The van der Waals surface area contributed by atoms with Crippen LogP contribution < -0.4 is 5.73 Å². The molecule has 0 radical (unpaired) electrons. The maximum Gasteiger partial charge on any atom is 0.0470 e. The lowest BCUT2D eigenvalue weighted by atomic mass is 9.86. The van der Waals surface area contributed by atoms with Crippen LogP contribution in [0.3, 0.4) is 0 Å². The Balaban J connectivity index is 2.89. The first-order valence-corrected chi connectivity index (χ1v) is 8.19. The Morgan fingerprint density at radius 1 is 1.05 bits per heavy atom. The average molecular weight is 290 g/mol. The molecule has 0 saturated carbocycles. The minimum Gasteiger partial charge on any atom is -0.329 e. The minimum absolute atomic E-state index is 0.202. The second-order valence-corrected chi connectivity index (χ2v) is 7.77. The predicted molar refractivity (Wildman–Crippen MR) is 93.6 cm³/mol. The van der Waals surface area contributed by atoms with Gasteiger partial charge in [-0.2, -0.15) is 0 Å². The molecule has 1 aromatic carbocycles. The smallest absolute Gasteiger partial charge is 0.0470 e. The highest BCUT2D eigenvalue weighted by Gasteiger charge is 2.21. The lowest BCUT2D eigenvalue weighted by molar-refractivity contribution is 0.168. The first kappa shape index (κ1) is 18.2. The van der Waals surface area contributed by atoms with Crippen LogP contribution in [0.15, 0.2) is 24.3 Å². The molecule has 0 aliphatic carbocycles. The van der Waals surface area contributed by atoms with Gasteiger partial charge in [0.15, 0.2) is 0 Å². The normalized spacial score (nSPS) is 15.5. The van der Waals surface area contributed by atoms with Crippen LogP contribution in [0.25, 0.3) is 0 Å². The van der Waals surface area contributed by atoms with Crippen LogP contribution in [-0.2, 0) is 5.41 Å². The standard InChI is InChI=1S/C19H34N2/c1-14(2)12-15(3)21(7)18(13-20)16-8-10-17(11-9-16)19(4,5)6/h8-11,14-15,18H,12-13,20H2,1-7H3. The van der Waals surface area contributed by atoms with Crippen LogP contribution in [0.5, 0.6) is 0 Å². The molecule has 0 bridgehead atoms. The summed E-state index contributed by atoms with van der Waals surface area (Å²) >= 11 is 0. The molecule has 0 amide bonds. The van der Waals surface area contributed by atoms with E-state index in [1.165, 1.54) is 17.5 Å². The first-order valence-electron chi connectivity index (χ1n) is 8.19. The predicted octanol–water partition coefficient (Wildman–Crippen LogP) is 4.35.